The number of benzene rings is 4. The summed E-state index contributed by atoms with van der Waals surface area (Å²) in [5, 5.41) is 6.69. The number of hydrogen-bond donors (Lipinski definition) is 4. The normalized spacial score (nSPS) is 17.1. The Kier molecular flexibility index (Phi) is 11.4. The zero-order chi connectivity index (χ0) is 41.8. The molecule has 3 atom stereocenters. The third kappa shape index (κ3) is 9.05. The highest BCUT2D eigenvalue weighted by atomic mass is 16.6. The standard InChI is InChI=1S/C47H49N7O6/c1-47(2,3)60-45(57)52-41(33-14-8-5-9-15-33)44(56)53-24-11-17-40(53)43(55)49-35-22-23-36-34(26-35)27-37(50-36)31-18-20-32(21-19-31)38-28-48-42(51-38)39-16-10-25-54(39)46(58)59-29-30-12-6-4-7-13-30/h4-9,12-15,18-23,26-28,39-41,50H,10-11,16-17,24-25,29H2,1-3H3,(H,48,51)(H,49,55)(H,52,57)/t39-,40-,41+/m0/s1. The highest BCUT2D eigenvalue weighted by Crippen LogP contribution is 2.34. The zero-order valence-corrected chi connectivity index (χ0v) is 33.9. The van der Waals surface area contributed by atoms with Crippen molar-refractivity contribution in [3.8, 4) is 22.5 Å². The predicted octanol–water partition coefficient (Wildman–Crippen LogP) is 8.89. The second-order valence-electron chi connectivity index (χ2n) is 16.3. The van der Waals surface area contributed by atoms with Crippen LogP contribution in [0.5, 0.6) is 0 Å². The number of aromatic amines is 2. The number of carbonyl (C=O) groups is 4. The predicted molar refractivity (Wildman–Crippen MR) is 229 cm³/mol. The Labute approximate surface area is 348 Å². The minimum atomic E-state index is -1.01. The van der Waals surface area contributed by atoms with E-state index in [1.54, 1.807) is 61.0 Å². The van der Waals surface area contributed by atoms with Crippen LogP contribution in [0.4, 0.5) is 15.3 Å². The summed E-state index contributed by atoms with van der Waals surface area (Å²) < 4.78 is 11.1. The molecule has 60 heavy (non-hydrogen) atoms. The van der Waals surface area contributed by atoms with Crippen LogP contribution < -0.4 is 10.6 Å². The van der Waals surface area contributed by atoms with Crippen LogP contribution in [0.2, 0.25) is 0 Å². The van der Waals surface area contributed by atoms with E-state index in [2.05, 4.69) is 25.6 Å². The van der Waals surface area contributed by atoms with Crippen LogP contribution in [0.25, 0.3) is 33.4 Å². The van der Waals surface area contributed by atoms with Crippen molar-refractivity contribution in [2.75, 3.05) is 18.4 Å². The van der Waals surface area contributed by atoms with Gasteiger partial charge in [-0.2, -0.15) is 0 Å². The lowest BCUT2D eigenvalue weighted by Crippen LogP contribution is -2.49. The molecular formula is C47H49N7O6. The number of imidazole rings is 1. The van der Waals surface area contributed by atoms with E-state index in [1.807, 2.05) is 84.9 Å². The van der Waals surface area contributed by atoms with Crippen LogP contribution in [0.1, 0.15) is 75.5 Å². The van der Waals surface area contributed by atoms with Crippen LogP contribution in [0.15, 0.2) is 115 Å². The van der Waals surface area contributed by atoms with Gasteiger partial charge in [0.25, 0.3) is 5.91 Å². The number of hydrogen-bond acceptors (Lipinski definition) is 7. The lowest BCUT2D eigenvalue weighted by molar-refractivity contribution is -0.138. The molecule has 2 saturated heterocycles. The molecular weight excluding hydrogens is 759 g/mol. The molecule has 13 nitrogen and oxygen atoms in total. The minimum absolute atomic E-state index is 0.179. The van der Waals surface area contributed by atoms with E-state index in [1.165, 1.54) is 0 Å². The van der Waals surface area contributed by atoms with Crippen molar-refractivity contribution in [2.24, 2.45) is 0 Å². The van der Waals surface area contributed by atoms with Crippen molar-refractivity contribution in [3.05, 3.63) is 132 Å². The number of nitrogens with zero attached hydrogens (tertiary/aromatic N) is 3. The molecule has 2 aliphatic heterocycles. The van der Waals surface area contributed by atoms with Crippen LogP contribution in [-0.2, 0) is 25.7 Å². The van der Waals surface area contributed by atoms with E-state index in [-0.39, 0.29) is 30.6 Å². The van der Waals surface area contributed by atoms with Crippen molar-refractivity contribution in [3.63, 3.8) is 0 Å². The Hall–Kier alpha value is -6.89. The largest absolute Gasteiger partial charge is 0.445 e. The number of fused-ring (bicyclic) bond motifs is 1. The van der Waals surface area contributed by atoms with Gasteiger partial charge in [0.15, 0.2) is 0 Å². The maximum Gasteiger partial charge on any atom is 0.410 e. The molecule has 0 aliphatic carbocycles. The van der Waals surface area contributed by atoms with E-state index in [4.69, 9.17) is 9.47 Å². The van der Waals surface area contributed by atoms with E-state index >= 15 is 0 Å². The lowest BCUT2D eigenvalue weighted by Gasteiger charge is -2.29. The van der Waals surface area contributed by atoms with Gasteiger partial charge in [-0.3, -0.25) is 14.5 Å². The van der Waals surface area contributed by atoms with Gasteiger partial charge in [0.05, 0.1) is 17.9 Å². The molecule has 0 unspecified atom stereocenters. The maximum atomic E-state index is 14.0. The van der Waals surface area contributed by atoms with Crippen molar-refractivity contribution in [1.82, 2.24) is 30.1 Å². The highest BCUT2D eigenvalue weighted by Gasteiger charge is 2.39. The summed E-state index contributed by atoms with van der Waals surface area (Å²) >= 11 is 0. The molecule has 0 saturated carbocycles. The van der Waals surface area contributed by atoms with Crippen molar-refractivity contribution in [1.29, 1.82) is 0 Å². The third-order valence-electron chi connectivity index (χ3n) is 10.9. The maximum absolute atomic E-state index is 14.0. The fourth-order valence-electron chi connectivity index (χ4n) is 7.97. The van der Waals surface area contributed by atoms with Crippen LogP contribution in [0, 0.1) is 0 Å². The molecule has 4 heterocycles. The van der Waals surface area contributed by atoms with Gasteiger partial charge in [-0.1, -0.05) is 84.9 Å². The van der Waals surface area contributed by atoms with E-state index in [9.17, 15) is 19.2 Å². The highest BCUT2D eigenvalue weighted by molar-refractivity contribution is 6.00. The fraction of sp³-hybridized carbons (Fsp3) is 0.298. The van der Waals surface area contributed by atoms with Gasteiger partial charge in [-0.05, 0) is 93.0 Å². The number of likely N-dealkylation sites (tertiary alicyclic amines) is 2. The zero-order valence-electron chi connectivity index (χ0n) is 33.9. The number of alkyl carbamates (subject to hydrolysis) is 1. The average molecular weight is 808 g/mol. The molecule has 308 valence electrons. The van der Waals surface area contributed by atoms with Gasteiger partial charge in [0, 0.05) is 35.4 Å². The number of H-pyrrole nitrogens is 2. The van der Waals surface area contributed by atoms with Crippen LogP contribution in [-0.4, -0.2) is 73.5 Å². The summed E-state index contributed by atoms with van der Waals surface area (Å²) in [4.78, 5) is 68.5. The second kappa shape index (κ2) is 17.1. The number of amides is 4. The minimum Gasteiger partial charge on any atom is -0.445 e. The number of aromatic nitrogens is 3. The Balaban J connectivity index is 0.910. The first-order valence-electron chi connectivity index (χ1n) is 20.4. The van der Waals surface area contributed by atoms with Gasteiger partial charge in [0.2, 0.25) is 5.91 Å². The molecule has 13 heteroatoms. The molecule has 4 aromatic carbocycles. The average Bonchev–Trinajstić information content (AvgIpc) is 4.08. The van der Waals surface area contributed by atoms with Gasteiger partial charge >= 0.3 is 12.2 Å². The summed E-state index contributed by atoms with van der Waals surface area (Å²) in [5.74, 6) is 0.0772. The van der Waals surface area contributed by atoms with Gasteiger partial charge in [-0.25, -0.2) is 14.6 Å². The molecule has 2 aromatic heterocycles. The summed E-state index contributed by atoms with van der Waals surface area (Å²) in [6, 6.07) is 32.6. The first kappa shape index (κ1) is 39.9. The van der Waals surface area contributed by atoms with Gasteiger partial charge in [0.1, 0.15) is 30.1 Å². The monoisotopic (exact) mass is 807 g/mol. The molecule has 8 rings (SSSR count). The summed E-state index contributed by atoms with van der Waals surface area (Å²) in [6.45, 7) is 6.51. The first-order valence-corrected chi connectivity index (χ1v) is 20.4. The summed E-state index contributed by atoms with van der Waals surface area (Å²) in [6.07, 6.45) is 3.59. The van der Waals surface area contributed by atoms with Crippen LogP contribution >= 0.6 is 0 Å². The van der Waals surface area contributed by atoms with Crippen molar-refractivity contribution in [2.45, 2.75) is 76.8 Å². The topological polar surface area (TPSA) is 162 Å². The summed E-state index contributed by atoms with van der Waals surface area (Å²) in [5.41, 5.74) is 6.04. The molecule has 0 spiro atoms. The molecule has 0 bridgehead atoms. The molecule has 6 aromatic rings. The number of ether oxygens (including phenoxy) is 2. The second-order valence-corrected chi connectivity index (χ2v) is 16.3. The number of anilines is 1. The Morgan fingerprint density at radius 3 is 2.22 bits per heavy atom. The first-order chi connectivity index (χ1) is 29.0. The molecule has 2 aliphatic rings. The van der Waals surface area contributed by atoms with Crippen molar-refractivity contribution >= 4 is 40.6 Å². The number of nitrogens with one attached hydrogen (secondary N) is 4. The molecule has 2 fully saturated rings. The van der Waals surface area contributed by atoms with E-state index in [0.717, 1.165) is 57.6 Å². The van der Waals surface area contributed by atoms with E-state index < -0.39 is 23.8 Å². The molecule has 4 N–H and O–H groups in total. The Morgan fingerprint density at radius 2 is 1.48 bits per heavy atom. The number of carbonyl (C=O) groups excluding carboxylic acids is 4. The van der Waals surface area contributed by atoms with Crippen molar-refractivity contribution < 1.29 is 28.7 Å². The molecule has 0 radical (unpaired) electrons. The van der Waals surface area contributed by atoms with E-state index in [0.29, 0.717) is 37.2 Å². The van der Waals surface area contributed by atoms with Gasteiger partial charge < -0.3 is 35.0 Å². The SMILES string of the molecule is CC(C)(C)OC(=O)N[C@@H](C(=O)N1CCC[C@H]1C(=O)Nc1ccc2[nH]c(-c3ccc(-c4cnc([C@@H]5CCCN5C(=O)OCc5ccccc5)[nH]4)cc3)cc2c1)c1ccccc1. The molecule has 4 amide bonds. The summed E-state index contributed by atoms with van der Waals surface area (Å²) in [7, 11) is 0. The Morgan fingerprint density at radius 1 is 0.800 bits per heavy atom. The third-order valence-corrected chi connectivity index (χ3v) is 10.9. The fourth-order valence-corrected chi connectivity index (χ4v) is 7.97. The lowest BCUT2D eigenvalue weighted by atomic mass is 10.0. The number of rotatable bonds is 10. The van der Waals surface area contributed by atoms with Gasteiger partial charge in [-0.15, -0.1) is 0 Å². The quantitative estimate of drug-likeness (QED) is 0.108. The smallest absolute Gasteiger partial charge is 0.410 e. The Bertz CT molecular complexity index is 2470. The van der Waals surface area contributed by atoms with Crippen LogP contribution in [0.3, 0.4) is 0 Å².